The Bertz CT molecular complexity index is 470. The standard InChI is InChI=1S/C12H12ClNO2/c1-6-4-3-5-8(7(6)2)9-10(13)12(16)14-11(9)15/h3-5,9-10H,1-2H3,(H,14,15,16). The number of benzene rings is 1. The Hall–Kier alpha value is -1.35. The number of alkyl halides is 1. The van der Waals surface area contributed by atoms with Gasteiger partial charge in [-0.15, -0.1) is 11.6 Å². The zero-order valence-electron chi connectivity index (χ0n) is 9.08. The molecule has 4 heteroatoms. The van der Waals surface area contributed by atoms with E-state index in [4.69, 9.17) is 11.6 Å². The number of rotatable bonds is 1. The Kier molecular flexibility index (Phi) is 2.72. The first-order chi connectivity index (χ1) is 7.52. The van der Waals surface area contributed by atoms with Crippen LogP contribution in [0.15, 0.2) is 18.2 Å². The maximum Gasteiger partial charge on any atom is 0.245 e. The molecule has 0 spiro atoms. The molecule has 84 valence electrons. The van der Waals surface area contributed by atoms with Crippen molar-refractivity contribution in [2.75, 3.05) is 0 Å². The van der Waals surface area contributed by atoms with Crippen molar-refractivity contribution < 1.29 is 9.59 Å². The lowest BCUT2D eigenvalue weighted by Crippen LogP contribution is -2.22. The van der Waals surface area contributed by atoms with Gasteiger partial charge in [0.2, 0.25) is 11.8 Å². The summed E-state index contributed by atoms with van der Waals surface area (Å²) in [5.41, 5.74) is 2.94. The van der Waals surface area contributed by atoms with Gasteiger partial charge in [-0.05, 0) is 30.5 Å². The van der Waals surface area contributed by atoms with Crippen molar-refractivity contribution in [3.8, 4) is 0 Å². The number of halogens is 1. The summed E-state index contributed by atoms with van der Waals surface area (Å²) < 4.78 is 0. The first kappa shape index (κ1) is 11.1. The molecule has 0 saturated carbocycles. The van der Waals surface area contributed by atoms with Gasteiger partial charge in [0.05, 0.1) is 5.92 Å². The van der Waals surface area contributed by atoms with Gasteiger partial charge in [-0.25, -0.2) is 0 Å². The molecule has 2 atom stereocenters. The minimum absolute atomic E-state index is 0.307. The summed E-state index contributed by atoms with van der Waals surface area (Å²) in [7, 11) is 0. The number of carbonyl (C=O) groups excluding carboxylic acids is 2. The third-order valence-corrected chi connectivity index (χ3v) is 3.50. The molecule has 1 aliphatic rings. The predicted molar refractivity (Wildman–Crippen MR) is 61.4 cm³/mol. The average molecular weight is 238 g/mol. The molecule has 1 fully saturated rings. The third-order valence-electron chi connectivity index (χ3n) is 3.05. The molecule has 1 heterocycles. The van der Waals surface area contributed by atoms with E-state index in [1.807, 2.05) is 32.0 Å². The van der Waals surface area contributed by atoms with Crippen LogP contribution in [-0.2, 0) is 9.59 Å². The number of hydrogen-bond donors (Lipinski definition) is 1. The Morgan fingerprint density at radius 1 is 1.19 bits per heavy atom. The summed E-state index contributed by atoms with van der Waals surface area (Å²) in [5, 5.41) is 1.45. The second-order valence-corrected chi connectivity index (χ2v) is 4.49. The summed E-state index contributed by atoms with van der Waals surface area (Å²) in [5.74, 6) is -1.27. The number of nitrogens with one attached hydrogen (secondary N) is 1. The van der Waals surface area contributed by atoms with Crippen molar-refractivity contribution in [3.63, 3.8) is 0 Å². The Balaban J connectivity index is 2.48. The van der Waals surface area contributed by atoms with E-state index >= 15 is 0 Å². The normalized spacial score (nSPS) is 24.7. The molecule has 0 bridgehead atoms. The van der Waals surface area contributed by atoms with Gasteiger partial charge in [0.1, 0.15) is 5.38 Å². The molecule has 16 heavy (non-hydrogen) atoms. The first-order valence-electron chi connectivity index (χ1n) is 5.07. The van der Waals surface area contributed by atoms with E-state index in [0.717, 1.165) is 16.7 Å². The molecule has 3 nitrogen and oxygen atoms in total. The van der Waals surface area contributed by atoms with Crippen LogP contribution in [0.4, 0.5) is 0 Å². The summed E-state index contributed by atoms with van der Waals surface area (Å²) in [4.78, 5) is 22.9. The molecule has 0 aromatic heterocycles. The van der Waals surface area contributed by atoms with Crippen molar-refractivity contribution in [1.82, 2.24) is 5.32 Å². The van der Waals surface area contributed by atoms with Crippen LogP contribution in [0.2, 0.25) is 0 Å². The number of amides is 2. The molecule has 2 rings (SSSR count). The van der Waals surface area contributed by atoms with Crippen LogP contribution < -0.4 is 5.32 Å². The van der Waals surface area contributed by atoms with Crippen molar-refractivity contribution in [2.45, 2.75) is 25.1 Å². The fourth-order valence-electron chi connectivity index (χ4n) is 1.96. The highest BCUT2D eigenvalue weighted by molar-refractivity contribution is 6.37. The SMILES string of the molecule is Cc1cccc(C2C(=O)NC(=O)C2Cl)c1C. The molecule has 0 radical (unpaired) electrons. The van der Waals surface area contributed by atoms with Crippen LogP contribution in [0.1, 0.15) is 22.6 Å². The minimum Gasteiger partial charge on any atom is -0.295 e. The van der Waals surface area contributed by atoms with E-state index in [0.29, 0.717) is 0 Å². The second kappa shape index (κ2) is 3.91. The summed E-state index contributed by atoms with van der Waals surface area (Å²) in [6, 6.07) is 5.69. The van der Waals surface area contributed by atoms with E-state index < -0.39 is 17.2 Å². The molecule has 1 saturated heterocycles. The molecular formula is C12H12ClNO2. The fraction of sp³-hybridized carbons (Fsp3) is 0.333. The van der Waals surface area contributed by atoms with E-state index in [9.17, 15) is 9.59 Å². The lowest BCUT2D eigenvalue weighted by Gasteiger charge is -2.14. The second-order valence-electron chi connectivity index (χ2n) is 4.02. The highest BCUT2D eigenvalue weighted by atomic mass is 35.5. The quantitative estimate of drug-likeness (QED) is 0.596. The zero-order valence-corrected chi connectivity index (χ0v) is 9.84. The van der Waals surface area contributed by atoms with E-state index in [1.54, 1.807) is 0 Å². The van der Waals surface area contributed by atoms with Gasteiger partial charge < -0.3 is 0 Å². The van der Waals surface area contributed by atoms with Crippen LogP contribution in [0.25, 0.3) is 0 Å². The Morgan fingerprint density at radius 2 is 1.88 bits per heavy atom. The van der Waals surface area contributed by atoms with Gasteiger partial charge >= 0.3 is 0 Å². The first-order valence-corrected chi connectivity index (χ1v) is 5.51. The lowest BCUT2D eigenvalue weighted by molar-refractivity contribution is -0.125. The van der Waals surface area contributed by atoms with E-state index in [2.05, 4.69) is 5.32 Å². The number of aryl methyl sites for hydroxylation is 1. The third kappa shape index (κ3) is 1.61. The number of carbonyl (C=O) groups is 2. The maximum absolute atomic E-state index is 11.6. The molecule has 1 aliphatic heterocycles. The van der Waals surface area contributed by atoms with Crippen molar-refractivity contribution in [2.24, 2.45) is 0 Å². The Morgan fingerprint density at radius 3 is 2.44 bits per heavy atom. The highest BCUT2D eigenvalue weighted by Crippen LogP contribution is 2.31. The maximum atomic E-state index is 11.6. The van der Waals surface area contributed by atoms with E-state index in [-0.39, 0.29) is 5.91 Å². The van der Waals surface area contributed by atoms with Crippen LogP contribution in [0.5, 0.6) is 0 Å². The predicted octanol–water partition coefficient (Wildman–Crippen LogP) is 1.65. The molecule has 1 N–H and O–H groups in total. The van der Waals surface area contributed by atoms with Crippen LogP contribution in [-0.4, -0.2) is 17.2 Å². The molecule has 1 aromatic carbocycles. The van der Waals surface area contributed by atoms with Crippen LogP contribution in [0.3, 0.4) is 0 Å². The van der Waals surface area contributed by atoms with Gasteiger partial charge in [0, 0.05) is 0 Å². The summed E-state index contributed by atoms with van der Waals surface area (Å²) in [6.07, 6.45) is 0. The van der Waals surface area contributed by atoms with Gasteiger partial charge in [-0.3, -0.25) is 14.9 Å². The van der Waals surface area contributed by atoms with Gasteiger partial charge in [0.15, 0.2) is 0 Å². The zero-order chi connectivity index (χ0) is 11.9. The fourth-order valence-corrected chi connectivity index (χ4v) is 2.27. The van der Waals surface area contributed by atoms with Crippen molar-refractivity contribution in [3.05, 3.63) is 34.9 Å². The van der Waals surface area contributed by atoms with Crippen LogP contribution >= 0.6 is 11.6 Å². The van der Waals surface area contributed by atoms with Gasteiger partial charge in [0.25, 0.3) is 0 Å². The van der Waals surface area contributed by atoms with Crippen molar-refractivity contribution >= 4 is 23.4 Å². The molecule has 2 unspecified atom stereocenters. The van der Waals surface area contributed by atoms with Gasteiger partial charge in [-0.2, -0.15) is 0 Å². The number of imide groups is 1. The highest BCUT2D eigenvalue weighted by Gasteiger charge is 2.41. The molecular weight excluding hydrogens is 226 g/mol. The lowest BCUT2D eigenvalue weighted by atomic mass is 9.91. The Labute approximate surface area is 98.8 Å². The summed E-state index contributed by atoms with van der Waals surface area (Å²) >= 11 is 5.95. The van der Waals surface area contributed by atoms with Gasteiger partial charge in [-0.1, -0.05) is 18.2 Å². The molecule has 0 aliphatic carbocycles. The topological polar surface area (TPSA) is 46.2 Å². The largest absolute Gasteiger partial charge is 0.295 e. The van der Waals surface area contributed by atoms with Crippen LogP contribution in [0, 0.1) is 13.8 Å². The smallest absolute Gasteiger partial charge is 0.245 e. The number of hydrogen-bond acceptors (Lipinski definition) is 2. The summed E-state index contributed by atoms with van der Waals surface area (Å²) in [6.45, 7) is 3.90. The van der Waals surface area contributed by atoms with Crippen molar-refractivity contribution in [1.29, 1.82) is 0 Å². The average Bonchev–Trinajstić information content (AvgIpc) is 2.47. The minimum atomic E-state index is -0.798. The monoisotopic (exact) mass is 237 g/mol. The molecule has 1 aromatic rings. The molecule has 2 amide bonds. The van der Waals surface area contributed by atoms with E-state index in [1.165, 1.54) is 0 Å².